The molecule has 0 atom stereocenters. The molecule has 0 saturated carbocycles. The third kappa shape index (κ3) is 4.94. The maximum atomic E-state index is 12.3. The second-order valence-corrected chi connectivity index (χ2v) is 7.91. The second-order valence-electron chi connectivity index (χ2n) is 5.93. The summed E-state index contributed by atoms with van der Waals surface area (Å²) in [6.07, 6.45) is 1.84. The average Bonchev–Trinajstić information content (AvgIpc) is 2.74. The highest BCUT2D eigenvalue weighted by atomic mass is 32.2. The molecule has 0 spiro atoms. The Hall–Kier alpha value is -1.60. The van der Waals surface area contributed by atoms with Gasteiger partial charge in [-0.3, -0.25) is 4.79 Å². The molecule has 0 aromatic heterocycles. The third-order valence-electron chi connectivity index (χ3n) is 4.12. The summed E-state index contributed by atoms with van der Waals surface area (Å²) in [6.45, 7) is 5.76. The summed E-state index contributed by atoms with van der Waals surface area (Å²) >= 11 is 0. The lowest BCUT2D eigenvalue weighted by molar-refractivity contribution is -0.133. The van der Waals surface area contributed by atoms with Crippen molar-refractivity contribution >= 4 is 15.9 Å². The number of ether oxygens (including phenoxy) is 1. The number of hydrogen-bond donors (Lipinski definition) is 0. The zero-order valence-electron chi connectivity index (χ0n) is 13.9. The van der Waals surface area contributed by atoms with Gasteiger partial charge in [-0.2, -0.15) is 0 Å². The molecule has 1 aromatic carbocycles. The van der Waals surface area contributed by atoms with Crippen molar-refractivity contribution in [2.75, 3.05) is 39.0 Å². The summed E-state index contributed by atoms with van der Waals surface area (Å²) in [5.41, 5.74) is 2.30. The van der Waals surface area contributed by atoms with Crippen LogP contribution in [0.2, 0.25) is 0 Å². The van der Waals surface area contributed by atoms with E-state index in [1.54, 1.807) is 4.90 Å². The molecule has 0 aliphatic carbocycles. The van der Waals surface area contributed by atoms with Gasteiger partial charge in [-0.15, -0.1) is 0 Å². The van der Waals surface area contributed by atoms with Crippen molar-refractivity contribution in [1.82, 2.24) is 9.21 Å². The molecule has 1 amide bonds. The fourth-order valence-electron chi connectivity index (χ4n) is 2.51. The molecule has 0 N–H and O–H groups in total. The largest absolute Gasteiger partial charge is 0.484 e. The van der Waals surface area contributed by atoms with Crippen LogP contribution >= 0.6 is 0 Å². The molecule has 23 heavy (non-hydrogen) atoms. The van der Waals surface area contributed by atoms with E-state index in [2.05, 4.69) is 0 Å². The van der Waals surface area contributed by atoms with E-state index in [-0.39, 0.29) is 12.5 Å². The molecule has 0 unspecified atom stereocenters. The predicted molar refractivity (Wildman–Crippen MR) is 89.0 cm³/mol. The molecule has 7 heteroatoms. The first-order valence-electron chi connectivity index (χ1n) is 7.70. The Bertz CT molecular complexity index is 673. The highest BCUT2D eigenvalue weighted by Crippen LogP contribution is 2.16. The molecule has 6 nitrogen and oxygen atoms in total. The SMILES string of the molecule is Cc1ccc(OCC(=O)N2CCCN(S(C)(=O)=O)CC2)cc1C. The van der Waals surface area contributed by atoms with Crippen LogP contribution in [0.25, 0.3) is 0 Å². The Kier molecular flexibility index (Phi) is 5.64. The monoisotopic (exact) mass is 340 g/mol. The van der Waals surface area contributed by atoms with E-state index >= 15 is 0 Å². The van der Waals surface area contributed by atoms with Crippen molar-refractivity contribution in [3.63, 3.8) is 0 Å². The number of amides is 1. The molecular weight excluding hydrogens is 316 g/mol. The lowest BCUT2D eigenvalue weighted by Crippen LogP contribution is -2.39. The molecule has 1 saturated heterocycles. The number of benzene rings is 1. The van der Waals surface area contributed by atoms with Crippen molar-refractivity contribution in [2.24, 2.45) is 0 Å². The van der Waals surface area contributed by atoms with Gasteiger partial charge in [0.05, 0.1) is 6.26 Å². The first-order chi connectivity index (χ1) is 10.8. The van der Waals surface area contributed by atoms with Gasteiger partial charge >= 0.3 is 0 Å². The highest BCUT2D eigenvalue weighted by molar-refractivity contribution is 7.88. The molecule has 2 rings (SSSR count). The Morgan fingerprint density at radius 2 is 1.87 bits per heavy atom. The minimum atomic E-state index is -3.20. The van der Waals surface area contributed by atoms with Gasteiger partial charge < -0.3 is 9.64 Å². The van der Waals surface area contributed by atoms with Crippen LogP contribution in [0.4, 0.5) is 0 Å². The van der Waals surface area contributed by atoms with Crippen molar-refractivity contribution in [1.29, 1.82) is 0 Å². The molecule has 128 valence electrons. The predicted octanol–water partition coefficient (Wildman–Crippen LogP) is 1.18. The Labute approximate surface area is 138 Å². The first-order valence-corrected chi connectivity index (χ1v) is 9.55. The highest BCUT2D eigenvalue weighted by Gasteiger charge is 2.23. The Morgan fingerprint density at radius 3 is 2.52 bits per heavy atom. The molecular formula is C16H24N2O4S. The van der Waals surface area contributed by atoms with Crippen LogP contribution in [0.3, 0.4) is 0 Å². The molecule has 1 aromatic rings. The van der Waals surface area contributed by atoms with Gasteiger partial charge in [0, 0.05) is 26.2 Å². The van der Waals surface area contributed by atoms with E-state index in [1.807, 2.05) is 32.0 Å². The van der Waals surface area contributed by atoms with Gasteiger partial charge in [-0.05, 0) is 43.5 Å². The van der Waals surface area contributed by atoms with Gasteiger partial charge in [0.15, 0.2) is 6.61 Å². The molecule has 1 heterocycles. The fraction of sp³-hybridized carbons (Fsp3) is 0.562. The van der Waals surface area contributed by atoms with Crippen molar-refractivity contribution in [3.8, 4) is 5.75 Å². The first kappa shape index (κ1) is 17.7. The molecule has 1 aliphatic rings. The van der Waals surface area contributed by atoms with E-state index in [1.165, 1.54) is 16.1 Å². The quantitative estimate of drug-likeness (QED) is 0.825. The summed E-state index contributed by atoms with van der Waals surface area (Å²) in [5.74, 6) is 0.563. The average molecular weight is 340 g/mol. The van der Waals surface area contributed by atoms with Crippen molar-refractivity contribution in [2.45, 2.75) is 20.3 Å². The second kappa shape index (κ2) is 7.31. The Balaban J connectivity index is 1.89. The van der Waals surface area contributed by atoms with Gasteiger partial charge in [0.2, 0.25) is 10.0 Å². The van der Waals surface area contributed by atoms with E-state index in [0.717, 1.165) is 5.56 Å². The number of carbonyl (C=O) groups is 1. The van der Waals surface area contributed by atoms with Crippen LogP contribution in [0.1, 0.15) is 17.5 Å². The van der Waals surface area contributed by atoms with Crippen molar-refractivity contribution in [3.05, 3.63) is 29.3 Å². The smallest absolute Gasteiger partial charge is 0.260 e. The molecule has 1 aliphatic heterocycles. The van der Waals surface area contributed by atoms with Crippen LogP contribution in [0.15, 0.2) is 18.2 Å². The number of rotatable bonds is 4. The van der Waals surface area contributed by atoms with Crippen LogP contribution in [0.5, 0.6) is 5.75 Å². The number of sulfonamides is 1. The maximum absolute atomic E-state index is 12.3. The molecule has 0 radical (unpaired) electrons. The summed E-state index contributed by atoms with van der Waals surface area (Å²) in [5, 5.41) is 0. The van der Waals surface area contributed by atoms with Crippen LogP contribution < -0.4 is 4.74 Å². The zero-order valence-corrected chi connectivity index (χ0v) is 14.7. The summed E-state index contributed by atoms with van der Waals surface area (Å²) in [4.78, 5) is 13.9. The summed E-state index contributed by atoms with van der Waals surface area (Å²) < 4.78 is 30.2. The standard InChI is InChI=1S/C16H24N2O4S/c1-13-5-6-15(11-14(13)2)22-12-16(19)17-7-4-8-18(10-9-17)23(3,20)21/h5-6,11H,4,7-10,12H2,1-3H3. The summed E-state index contributed by atoms with van der Waals surface area (Å²) in [7, 11) is -3.20. The maximum Gasteiger partial charge on any atom is 0.260 e. The topological polar surface area (TPSA) is 66.9 Å². The van der Waals surface area contributed by atoms with Gasteiger partial charge in [0.25, 0.3) is 5.91 Å². The lowest BCUT2D eigenvalue weighted by atomic mass is 10.1. The number of nitrogens with zero attached hydrogens (tertiary/aromatic N) is 2. The van der Waals surface area contributed by atoms with Crippen molar-refractivity contribution < 1.29 is 17.9 Å². The van der Waals surface area contributed by atoms with Crippen LogP contribution in [-0.2, 0) is 14.8 Å². The van der Waals surface area contributed by atoms with Gasteiger partial charge in [-0.25, -0.2) is 12.7 Å². The summed E-state index contributed by atoms with van der Waals surface area (Å²) in [6, 6.07) is 5.73. The number of hydrogen-bond acceptors (Lipinski definition) is 4. The normalized spacial score (nSPS) is 16.9. The molecule has 0 bridgehead atoms. The van der Waals surface area contributed by atoms with E-state index in [0.29, 0.717) is 38.3 Å². The minimum absolute atomic E-state index is 0.0264. The van der Waals surface area contributed by atoms with E-state index < -0.39 is 10.0 Å². The zero-order chi connectivity index (χ0) is 17.0. The van der Waals surface area contributed by atoms with Crippen LogP contribution in [0, 0.1) is 13.8 Å². The van der Waals surface area contributed by atoms with E-state index in [4.69, 9.17) is 4.74 Å². The minimum Gasteiger partial charge on any atom is -0.484 e. The Morgan fingerprint density at radius 1 is 1.13 bits per heavy atom. The fourth-order valence-corrected chi connectivity index (χ4v) is 3.39. The van der Waals surface area contributed by atoms with Crippen LogP contribution in [-0.4, -0.2) is 62.6 Å². The third-order valence-corrected chi connectivity index (χ3v) is 5.42. The molecule has 1 fully saturated rings. The van der Waals surface area contributed by atoms with E-state index in [9.17, 15) is 13.2 Å². The van der Waals surface area contributed by atoms with Gasteiger partial charge in [-0.1, -0.05) is 6.07 Å². The number of carbonyl (C=O) groups excluding carboxylic acids is 1. The van der Waals surface area contributed by atoms with Gasteiger partial charge in [0.1, 0.15) is 5.75 Å². The lowest BCUT2D eigenvalue weighted by Gasteiger charge is -2.21. The number of aryl methyl sites for hydroxylation is 2.